The third kappa shape index (κ3) is 3.24. The van der Waals surface area contributed by atoms with Crippen molar-refractivity contribution in [1.29, 1.82) is 0 Å². The zero-order chi connectivity index (χ0) is 18.8. The van der Waals surface area contributed by atoms with Gasteiger partial charge in [-0.2, -0.15) is 5.10 Å². The number of ether oxygens (including phenoxy) is 1. The average molecular weight is 373 g/mol. The highest BCUT2D eigenvalue weighted by molar-refractivity contribution is 6.32. The number of carbonyl (C=O) groups excluding carboxylic acids is 2. The minimum absolute atomic E-state index is 0.168. The van der Waals surface area contributed by atoms with Crippen molar-refractivity contribution in [3.05, 3.63) is 46.2 Å². The topological polar surface area (TPSA) is 76.5 Å². The summed E-state index contributed by atoms with van der Waals surface area (Å²) in [5.41, 5.74) is 4.22. The maximum atomic E-state index is 12.8. The van der Waals surface area contributed by atoms with Crippen LogP contribution in [0, 0.1) is 11.8 Å². The van der Waals surface area contributed by atoms with Gasteiger partial charge in [-0.25, -0.2) is 5.01 Å². The highest BCUT2D eigenvalue weighted by atomic mass is 35.5. The minimum atomic E-state index is -1.08. The molecule has 1 fully saturated rings. The number of benzene rings is 1. The Kier molecular flexibility index (Phi) is 4.87. The molecule has 2 aromatic rings. The minimum Gasteiger partial charge on any atom is -0.496 e. The van der Waals surface area contributed by atoms with Crippen molar-refractivity contribution in [3.63, 3.8) is 0 Å². The van der Waals surface area contributed by atoms with E-state index in [-0.39, 0.29) is 11.6 Å². The van der Waals surface area contributed by atoms with E-state index in [4.69, 9.17) is 16.3 Å². The van der Waals surface area contributed by atoms with Crippen molar-refractivity contribution < 1.29 is 14.3 Å². The first-order chi connectivity index (χ1) is 12.4. The molecule has 2 amide bonds. The lowest BCUT2D eigenvalue weighted by atomic mass is 9.96. The maximum Gasteiger partial charge on any atom is 0.258 e. The van der Waals surface area contributed by atoms with Crippen LogP contribution in [0.25, 0.3) is 0 Å². The fourth-order valence-electron chi connectivity index (χ4n) is 2.86. The molecule has 0 spiro atoms. The molecule has 0 saturated carbocycles. The fraction of sp³-hybridized carbons (Fsp3) is 0.278. The monoisotopic (exact) mass is 372 g/mol. The van der Waals surface area contributed by atoms with Crippen molar-refractivity contribution in [1.82, 2.24) is 20.2 Å². The number of methoxy groups -OCH3 is 1. The van der Waals surface area contributed by atoms with E-state index < -0.39 is 17.7 Å². The molecule has 26 heavy (non-hydrogen) atoms. The first-order valence-electron chi connectivity index (χ1n) is 7.85. The molecule has 1 atom stereocenters. The summed E-state index contributed by atoms with van der Waals surface area (Å²) >= 11 is 6.36. The van der Waals surface area contributed by atoms with E-state index in [1.807, 2.05) is 0 Å². The van der Waals surface area contributed by atoms with Gasteiger partial charge in [-0.3, -0.25) is 19.7 Å². The van der Waals surface area contributed by atoms with Gasteiger partial charge in [-0.05, 0) is 25.1 Å². The van der Waals surface area contributed by atoms with Crippen LogP contribution in [0.4, 0.5) is 0 Å². The standard InChI is InChI=1S/C18H17ClN4O3/c1-4-5-11-8-13(19)15(14(9-11)26-3)16-17(24)21-23(18(16)25)10-12-6-7-22(2)20-12/h6-9,16H,10H2,1-3H3,(H,21,24). The van der Waals surface area contributed by atoms with Gasteiger partial charge in [0.1, 0.15) is 5.75 Å². The second-order valence-corrected chi connectivity index (χ2v) is 6.17. The van der Waals surface area contributed by atoms with Crippen LogP contribution in [-0.2, 0) is 23.2 Å². The molecule has 0 aliphatic carbocycles. The Hall–Kier alpha value is -2.98. The van der Waals surface area contributed by atoms with Gasteiger partial charge in [-0.15, -0.1) is 5.92 Å². The second kappa shape index (κ2) is 7.10. The van der Waals surface area contributed by atoms with Crippen molar-refractivity contribution >= 4 is 23.4 Å². The largest absolute Gasteiger partial charge is 0.496 e. The summed E-state index contributed by atoms with van der Waals surface area (Å²) in [7, 11) is 3.24. The smallest absolute Gasteiger partial charge is 0.258 e. The van der Waals surface area contributed by atoms with Crippen molar-refractivity contribution in [3.8, 4) is 17.6 Å². The quantitative estimate of drug-likeness (QED) is 0.653. The fourth-order valence-corrected chi connectivity index (χ4v) is 3.18. The molecule has 1 N–H and O–H groups in total. The highest BCUT2D eigenvalue weighted by Gasteiger charge is 2.43. The van der Waals surface area contributed by atoms with E-state index in [0.29, 0.717) is 22.6 Å². The maximum absolute atomic E-state index is 12.8. The molecule has 0 radical (unpaired) electrons. The number of aryl methyl sites for hydroxylation is 1. The molecule has 1 aliphatic heterocycles. The van der Waals surface area contributed by atoms with Crippen LogP contribution in [0.15, 0.2) is 24.4 Å². The van der Waals surface area contributed by atoms with E-state index >= 15 is 0 Å². The molecule has 1 aromatic carbocycles. The summed E-state index contributed by atoms with van der Waals surface area (Å²) in [4.78, 5) is 25.3. The van der Waals surface area contributed by atoms with Crippen molar-refractivity contribution in [2.45, 2.75) is 19.4 Å². The average Bonchev–Trinajstić information content (AvgIpc) is 3.12. The zero-order valence-corrected chi connectivity index (χ0v) is 15.3. The number of hydrogen-bond donors (Lipinski definition) is 1. The van der Waals surface area contributed by atoms with Crippen LogP contribution in [0.5, 0.6) is 5.75 Å². The van der Waals surface area contributed by atoms with Crippen LogP contribution in [-0.4, -0.2) is 33.7 Å². The van der Waals surface area contributed by atoms with Crippen LogP contribution in [0.3, 0.4) is 0 Å². The van der Waals surface area contributed by atoms with Gasteiger partial charge >= 0.3 is 0 Å². The first kappa shape index (κ1) is 17.8. The lowest BCUT2D eigenvalue weighted by Gasteiger charge is -2.16. The summed E-state index contributed by atoms with van der Waals surface area (Å²) in [6, 6.07) is 5.07. The Morgan fingerprint density at radius 2 is 2.15 bits per heavy atom. The Morgan fingerprint density at radius 3 is 2.77 bits per heavy atom. The second-order valence-electron chi connectivity index (χ2n) is 5.76. The molecule has 1 unspecified atom stereocenters. The van der Waals surface area contributed by atoms with E-state index in [1.54, 1.807) is 43.0 Å². The van der Waals surface area contributed by atoms with Crippen LogP contribution in [0.2, 0.25) is 5.02 Å². The van der Waals surface area contributed by atoms with E-state index in [1.165, 1.54) is 12.1 Å². The molecular formula is C18H17ClN4O3. The molecule has 0 bridgehead atoms. The third-order valence-electron chi connectivity index (χ3n) is 3.98. The number of nitrogens with one attached hydrogen (secondary N) is 1. The van der Waals surface area contributed by atoms with Crippen molar-refractivity contribution in [2.24, 2.45) is 7.05 Å². The van der Waals surface area contributed by atoms with Gasteiger partial charge in [0.15, 0.2) is 5.92 Å². The Bertz CT molecular complexity index is 942. The molecule has 2 heterocycles. The summed E-state index contributed by atoms with van der Waals surface area (Å²) < 4.78 is 6.99. The molecule has 3 rings (SSSR count). The number of carbonyl (C=O) groups is 2. The molecule has 1 aliphatic rings. The summed E-state index contributed by atoms with van der Waals surface area (Å²) in [6.07, 6.45) is 1.77. The van der Waals surface area contributed by atoms with E-state index in [2.05, 4.69) is 22.4 Å². The van der Waals surface area contributed by atoms with Gasteiger partial charge in [0.25, 0.3) is 11.8 Å². The number of hydrogen-bond acceptors (Lipinski definition) is 4. The van der Waals surface area contributed by atoms with Gasteiger partial charge in [0, 0.05) is 24.4 Å². The van der Waals surface area contributed by atoms with Gasteiger partial charge in [-0.1, -0.05) is 17.5 Å². The number of amides is 2. The lowest BCUT2D eigenvalue weighted by molar-refractivity contribution is -0.131. The molecule has 8 heteroatoms. The molecule has 7 nitrogen and oxygen atoms in total. The summed E-state index contributed by atoms with van der Waals surface area (Å²) in [5, 5.41) is 5.72. The predicted octanol–water partition coefficient (Wildman–Crippen LogP) is 1.61. The SMILES string of the molecule is CC#Cc1cc(Cl)c(C2C(=O)NN(Cc3ccn(C)n3)C2=O)c(OC)c1. The van der Waals surface area contributed by atoms with Gasteiger partial charge < -0.3 is 4.74 Å². The van der Waals surface area contributed by atoms with Crippen LogP contribution in [0.1, 0.15) is 29.7 Å². The van der Waals surface area contributed by atoms with Crippen molar-refractivity contribution in [2.75, 3.05) is 7.11 Å². The zero-order valence-electron chi connectivity index (χ0n) is 14.5. The third-order valence-corrected chi connectivity index (χ3v) is 4.29. The Morgan fingerprint density at radius 1 is 1.38 bits per heavy atom. The number of halogens is 1. The van der Waals surface area contributed by atoms with Gasteiger partial charge in [0.05, 0.1) is 24.4 Å². The molecule has 1 aromatic heterocycles. The normalized spacial score (nSPS) is 16.3. The number of rotatable bonds is 4. The summed E-state index contributed by atoms with van der Waals surface area (Å²) in [6.45, 7) is 1.87. The number of aromatic nitrogens is 2. The van der Waals surface area contributed by atoms with Gasteiger partial charge in [0.2, 0.25) is 0 Å². The first-order valence-corrected chi connectivity index (χ1v) is 8.23. The summed E-state index contributed by atoms with van der Waals surface area (Å²) in [5.74, 6) is 4.07. The predicted molar refractivity (Wildman–Crippen MR) is 95.2 cm³/mol. The Balaban J connectivity index is 1.94. The number of nitrogens with zero attached hydrogens (tertiary/aromatic N) is 3. The lowest BCUT2D eigenvalue weighted by Crippen LogP contribution is -2.35. The van der Waals surface area contributed by atoms with E-state index in [9.17, 15) is 9.59 Å². The van der Waals surface area contributed by atoms with E-state index in [0.717, 1.165) is 0 Å². The van der Waals surface area contributed by atoms with Crippen LogP contribution < -0.4 is 10.2 Å². The van der Waals surface area contributed by atoms with Crippen LogP contribution >= 0.6 is 11.6 Å². The highest BCUT2D eigenvalue weighted by Crippen LogP contribution is 2.37. The molecule has 134 valence electrons. The number of hydrazine groups is 1. The molecule has 1 saturated heterocycles. The molecular weight excluding hydrogens is 356 g/mol. The Labute approximate surface area is 155 Å².